The van der Waals surface area contributed by atoms with Crippen LogP contribution in [0.5, 0.6) is 0 Å². The van der Waals surface area contributed by atoms with Crippen LogP contribution in [-0.4, -0.2) is 23.2 Å². The lowest BCUT2D eigenvalue weighted by Gasteiger charge is -2.12. The molecule has 1 amide bonds. The maximum Gasteiger partial charge on any atom is 0.287 e. The number of hydrogen-bond donors (Lipinski definition) is 2. The summed E-state index contributed by atoms with van der Waals surface area (Å²) in [7, 11) is 0. The van der Waals surface area contributed by atoms with Crippen LogP contribution >= 0.6 is 0 Å². The highest BCUT2D eigenvalue weighted by atomic mass is 19.1. The molecule has 2 N–H and O–H groups in total. The molecular weight excluding hydrogens is 249 g/mol. The van der Waals surface area contributed by atoms with Gasteiger partial charge in [-0.1, -0.05) is 0 Å². The minimum atomic E-state index is -0.492. The number of furan rings is 1. The summed E-state index contributed by atoms with van der Waals surface area (Å²) in [6.45, 7) is 1.64. The summed E-state index contributed by atoms with van der Waals surface area (Å²) < 4.78 is 18.7. The maximum absolute atomic E-state index is 13.2. The van der Waals surface area contributed by atoms with Crippen LogP contribution in [0.1, 0.15) is 29.0 Å². The van der Waals surface area contributed by atoms with Crippen molar-refractivity contribution in [3.05, 3.63) is 35.3 Å². The van der Waals surface area contributed by atoms with Gasteiger partial charge in [-0.05, 0) is 38.0 Å². The summed E-state index contributed by atoms with van der Waals surface area (Å²) >= 11 is 0. The van der Waals surface area contributed by atoms with Crippen molar-refractivity contribution in [2.24, 2.45) is 0 Å². The Morgan fingerprint density at radius 2 is 2.26 bits per heavy atom. The van der Waals surface area contributed by atoms with Gasteiger partial charge in [0.25, 0.3) is 5.91 Å². The lowest BCUT2D eigenvalue weighted by atomic mass is 10.1. The zero-order valence-electron chi connectivity index (χ0n) is 10.5. The minimum absolute atomic E-state index is 0.0767. The number of fused-ring (bicyclic) bond motifs is 1. The zero-order valence-corrected chi connectivity index (χ0v) is 10.5. The van der Waals surface area contributed by atoms with Gasteiger partial charge < -0.3 is 14.8 Å². The lowest BCUT2D eigenvalue weighted by molar-refractivity contribution is 0.0880. The Labute approximate surface area is 109 Å². The molecule has 1 saturated carbocycles. The average Bonchev–Trinajstić information content (AvgIpc) is 3.09. The topological polar surface area (TPSA) is 62.5 Å². The highest BCUT2D eigenvalue weighted by molar-refractivity contribution is 5.99. The van der Waals surface area contributed by atoms with Crippen molar-refractivity contribution in [3.63, 3.8) is 0 Å². The van der Waals surface area contributed by atoms with Gasteiger partial charge in [-0.15, -0.1) is 0 Å². The molecule has 1 aliphatic rings. The number of amides is 1. The molecule has 4 nitrogen and oxygen atoms in total. The first kappa shape index (κ1) is 12.2. The van der Waals surface area contributed by atoms with Gasteiger partial charge in [-0.2, -0.15) is 0 Å². The van der Waals surface area contributed by atoms with Crippen LogP contribution in [0.2, 0.25) is 0 Å². The number of aliphatic hydroxyl groups is 1. The molecule has 1 fully saturated rings. The molecule has 5 heteroatoms. The van der Waals surface area contributed by atoms with Crippen molar-refractivity contribution < 1.29 is 18.7 Å². The molecule has 1 heterocycles. The Morgan fingerprint density at radius 1 is 1.53 bits per heavy atom. The molecule has 0 aliphatic heterocycles. The summed E-state index contributed by atoms with van der Waals surface area (Å²) in [4.78, 5) is 12.1. The standard InChI is InChI=1S/C14H14FNO3/c1-8-10-6-9(15)2-3-11(10)19-12(8)13(18)16-14(7-17)4-5-14/h2-3,6,17H,4-5,7H2,1H3,(H,16,18). The molecule has 19 heavy (non-hydrogen) atoms. The first-order chi connectivity index (χ1) is 9.04. The number of aryl methyl sites for hydroxylation is 1. The van der Waals surface area contributed by atoms with Crippen LogP contribution in [-0.2, 0) is 0 Å². The summed E-state index contributed by atoms with van der Waals surface area (Å²) in [6, 6.07) is 4.15. The number of rotatable bonds is 3. The summed E-state index contributed by atoms with van der Waals surface area (Å²) in [5.41, 5.74) is 0.604. The minimum Gasteiger partial charge on any atom is -0.451 e. The maximum atomic E-state index is 13.2. The first-order valence-corrected chi connectivity index (χ1v) is 6.17. The second kappa shape index (κ2) is 4.06. The van der Waals surface area contributed by atoms with Gasteiger partial charge in [-0.3, -0.25) is 4.79 Å². The van der Waals surface area contributed by atoms with Crippen LogP contribution in [0.4, 0.5) is 4.39 Å². The highest BCUT2D eigenvalue weighted by Crippen LogP contribution is 2.35. The Morgan fingerprint density at radius 3 is 2.89 bits per heavy atom. The van der Waals surface area contributed by atoms with Gasteiger partial charge in [0.2, 0.25) is 0 Å². The molecule has 1 aromatic heterocycles. The molecule has 0 saturated heterocycles. The molecular formula is C14H14FNO3. The van der Waals surface area contributed by atoms with Gasteiger partial charge >= 0.3 is 0 Å². The van der Waals surface area contributed by atoms with E-state index in [0.717, 1.165) is 12.8 Å². The summed E-state index contributed by atoms with van der Waals surface area (Å²) in [5.74, 6) is -0.543. The third-order valence-electron chi connectivity index (χ3n) is 3.64. The number of halogens is 1. The SMILES string of the molecule is Cc1c(C(=O)NC2(CO)CC2)oc2ccc(F)cc12. The lowest BCUT2D eigenvalue weighted by Crippen LogP contribution is -2.39. The Hall–Kier alpha value is -1.88. The van der Waals surface area contributed by atoms with Crippen molar-refractivity contribution in [2.75, 3.05) is 6.61 Å². The van der Waals surface area contributed by atoms with Crippen molar-refractivity contribution in [1.82, 2.24) is 5.32 Å². The van der Waals surface area contributed by atoms with E-state index in [0.29, 0.717) is 16.5 Å². The van der Waals surface area contributed by atoms with Gasteiger partial charge in [0.05, 0.1) is 12.1 Å². The molecule has 3 rings (SSSR count). The predicted molar refractivity (Wildman–Crippen MR) is 67.4 cm³/mol. The number of hydrogen-bond acceptors (Lipinski definition) is 3. The van der Waals surface area contributed by atoms with Crippen LogP contribution < -0.4 is 5.32 Å². The van der Waals surface area contributed by atoms with E-state index in [1.807, 2.05) is 0 Å². The van der Waals surface area contributed by atoms with Gasteiger partial charge in [0.15, 0.2) is 5.76 Å². The molecule has 100 valence electrons. The zero-order chi connectivity index (χ0) is 13.6. The number of aliphatic hydroxyl groups excluding tert-OH is 1. The predicted octanol–water partition coefficient (Wildman–Crippen LogP) is 2.14. The van der Waals surface area contributed by atoms with E-state index >= 15 is 0 Å². The number of benzene rings is 1. The third-order valence-corrected chi connectivity index (χ3v) is 3.64. The Kier molecular flexibility index (Phi) is 2.60. The summed E-state index contributed by atoms with van der Waals surface area (Å²) in [5, 5.41) is 12.6. The van der Waals surface area contributed by atoms with Gasteiger partial charge in [0.1, 0.15) is 11.4 Å². The first-order valence-electron chi connectivity index (χ1n) is 6.17. The van der Waals surface area contributed by atoms with E-state index in [4.69, 9.17) is 4.42 Å². The van der Waals surface area contributed by atoms with Crippen molar-refractivity contribution in [2.45, 2.75) is 25.3 Å². The van der Waals surface area contributed by atoms with Gasteiger partial charge in [-0.25, -0.2) is 4.39 Å². The van der Waals surface area contributed by atoms with Crippen molar-refractivity contribution in [1.29, 1.82) is 0 Å². The van der Waals surface area contributed by atoms with Crippen LogP contribution in [0.3, 0.4) is 0 Å². The Balaban J connectivity index is 1.96. The van der Waals surface area contributed by atoms with Crippen molar-refractivity contribution in [3.8, 4) is 0 Å². The van der Waals surface area contributed by atoms with E-state index in [1.165, 1.54) is 18.2 Å². The fourth-order valence-corrected chi connectivity index (χ4v) is 2.18. The molecule has 0 unspecified atom stereocenters. The largest absolute Gasteiger partial charge is 0.451 e. The van der Waals surface area contributed by atoms with Gasteiger partial charge in [0, 0.05) is 10.9 Å². The Bertz CT molecular complexity index is 658. The number of carbonyl (C=O) groups is 1. The second-order valence-electron chi connectivity index (χ2n) is 5.09. The van der Waals surface area contributed by atoms with Crippen molar-refractivity contribution >= 4 is 16.9 Å². The van der Waals surface area contributed by atoms with Crippen LogP contribution in [0, 0.1) is 12.7 Å². The highest BCUT2D eigenvalue weighted by Gasteiger charge is 2.44. The van der Waals surface area contributed by atoms with E-state index < -0.39 is 5.54 Å². The fraction of sp³-hybridized carbons (Fsp3) is 0.357. The quantitative estimate of drug-likeness (QED) is 0.891. The molecule has 0 spiro atoms. The average molecular weight is 263 g/mol. The molecule has 1 aliphatic carbocycles. The third kappa shape index (κ3) is 2.00. The smallest absolute Gasteiger partial charge is 0.287 e. The van der Waals surface area contributed by atoms with E-state index in [-0.39, 0.29) is 24.1 Å². The fourth-order valence-electron chi connectivity index (χ4n) is 2.18. The van der Waals surface area contributed by atoms with E-state index in [9.17, 15) is 14.3 Å². The number of carbonyl (C=O) groups excluding carboxylic acids is 1. The van der Waals surface area contributed by atoms with Crippen LogP contribution in [0.15, 0.2) is 22.6 Å². The van der Waals surface area contributed by atoms with Crippen LogP contribution in [0.25, 0.3) is 11.0 Å². The summed E-state index contributed by atoms with van der Waals surface area (Å²) in [6.07, 6.45) is 1.53. The monoisotopic (exact) mass is 263 g/mol. The molecule has 0 radical (unpaired) electrons. The number of nitrogens with one attached hydrogen (secondary N) is 1. The van der Waals surface area contributed by atoms with E-state index in [1.54, 1.807) is 6.92 Å². The second-order valence-corrected chi connectivity index (χ2v) is 5.09. The molecule has 0 atom stereocenters. The molecule has 2 aromatic rings. The van der Waals surface area contributed by atoms with E-state index in [2.05, 4.69) is 5.32 Å². The normalized spacial score (nSPS) is 16.6. The molecule has 0 bridgehead atoms. The molecule has 1 aromatic carbocycles.